The molecule has 3 rings (SSSR count). The number of aryl methyl sites for hydroxylation is 1. The first-order valence-electron chi connectivity index (χ1n) is 9.16. The second-order valence-electron chi connectivity index (χ2n) is 6.71. The van der Waals surface area contributed by atoms with E-state index >= 15 is 0 Å². The molecule has 0 saturated carbocycles. The number of hydrogen-bond acceptors (Lipinski definition) is 4. The van der Waals surface area contributed by atoms with Crippen molar-refractivity contribution in [2.24, 2.45) is 0 Å². The quantitative estimate of drug-likeness (QED) is 0.779. The molecular weight excluding hydrogens is 356 g/mol. The Morgan fingerprint density at radius 3 is 2.64 bits per heavy atom. The number of anilines is 1. The van der Waals surface area contributed by atoms with Gasteiger partial charge in [-0.05, 0) is 35.8 Å². The smallest absolute Gasteiger partial charge is 0.404 e. The molecule has 0 atom stereocenters. The van der Waals surface area contributed by atoms with Crippen molar-refractivity contribution in [1.29, 1.82) is 0 Å². The van der Waals surface area contributed by atoms with Gasteiger partial charge in [0.15, 0.2) is 0 Å². The number of nitrogens with one attached hydrogen (secondary N) is 1. The minimum absolute atomic E-state index is 0.0350. The average Bonchev–Trinajstić information content (AvgIpc) is 2.72. The lowest BCUT2D eigenvalue weighted by atomic mass is 9.99. The Morgan fingerprint density at radius 1 is 1.25 bits per heavy atom. The molecular formula is C21H24N4O3. The largest absolute Gasteiger partial charge is 0.465 e. The number of rotatable bonds is 5. The predicted octanol–water partition coefficient (Wildman–Crippen LogP) is 2.66. The van der Waals surface area contributed by atoms with Crippen molar-refractivity contribution in [1.82, 2.24) is 15.2 Å². The van der Waals surface area contributed by atoms with Gasteiger partial charge >= 0.3 is 6.09 Å². The fourth-order valence-electron chi connectivity index (χ4n) is 3.41. The van der Waals surface area contributed by atoms with E-state index in [0.29, 0.717) is 13.1 Å². The van der Waals surface area contributed by atoms with Crippen LogP contribution in [-0.4, -0.2) is 53.2 Å². The number of piperazine rings is 1. The standard InChI is InChI=1S/C21H24N4O3/c1-3-20(26)25-10-8-24(9-11-25)19-14-22-7-6-18(19)16-4-5-17(15(2)12-16)13-23-21(27)28/h3-7,12,14,23H,1,8-11,13H2,2H3,(H,27,28). The number of carbonyl (C=O) groups is 2. The molecule has 2 amide bonds. The van der Waals surface area contributed by atoms with Gasteiger partial charge in [0, 0.05) is 44.5 Å². The summed E-state index contributed by atoms with van der Waals surface area (Å²) in [7, 11) is 0. The van der Waals surface area contributed by atoms with Gasteiger partial charge in [0.2, 0.25) is 5.91 Å². The van der Waals surface area contributed by atoms with Gasteiger partial charge in [0.25, 0.3) is 0 Å². The lowest BCUT2D eigenvalue weighted by Gasteiger charge is -2.36. The number of carbonyl (C=O) groups excluding carboxylic acids is 1. The number of carboxylic acid groups (broad SMARTS) is 1. The third kappa shape index (κ3) is 4.31. The normalized spacial score (nSPS) is 13.9. The molecule has 1 fully saturated rings. The predicted molar refractivity (Wildman–Crippen MR) is 108 cm³/mol. The summed E-state index contributed by atoms with van der Waals surface area (Å²) in [5, 5.41) is 11.2. The Morgan fingerprint density at radius 2 is 2.00 bits per heavy atom. The molecule has 0 spiro atoms. The molecule has 0 aliphatic carbocycles. The summed E-state index contributed by atoms with van der Waals surface area (Å²) in [6.45, 7) is 8.58. The Labute approximate surface area is 164 Å². The molecule has 1 aromatic carbocycles. The van der Waals surface area contributed by atoms with E-state index in [-0.39, 0.29) is 12.5 Å². The van der Waals surface area contributed by atoms with Crippen LogP contribution in [-0.2, 0) is 11.3 Å². The van der Waals surface area contributed by atoms with Crippen molar-refractivity contribution >= 4 is 17.7 Å². The maximum absolute atomic E-state index is 11.8. The van der Waals surface area contributed by atoms with Gasteiger partial charge in [-0.2, -0.15) is 0 Å². The van der Waals surface area contributed by atoms with Crippen LogP contribution in [0.1, 0.15) is 11.1 Å². The van der Waals surface area contributed by atoms with E-state index in [2.05, 4.69) is 27.8 Å². The van der Waals surface area contributed by atoms with E-state index in [9.17, 15) is 9.59 Å². The molecule has 1 saturated heterocycles. The van der Waals surface area contributed by atoms with E-state index in [1.54, 1.807) is 11.1 Å². The summed E-state index contributed by atoms with van der Waals surface area (Å²) in [4.78, 5) is 30.9. The van der Waals surface area contributed by atoms with Crippen molar-refractivity contribution in [3.63, 3.8) is 0 Å². The molecule has 0 unspecified atom stereocenters. The maximum Gasteiger partial charge on any atom is 0.404 e. The third-order valence-corrected chi connectivity index (χ3v) is 4.99. The summed E-state index contributed by atoms with van der Waals surface area (Å²) in [6, 6.07) is 8.00. The van der Waals surface area contributed by atoms with E-state index in [1.807, 2.05) is 31.3 Å². The topological polar surface area (TPSA) is 85.8 Å². The lowest BCUT2D eigenvalue weighted by Crippen LogP contribution is -2.48. The van der Waals surface area contributed by atoms with Crippen LogP contribution in [0.2, 0.25) is 0 Å². The van der Waals surface area contributed by atoms with Crippen LogP contribution in [0.4, 0.5) is 10.5 Å². The van der Waals surface area contributed by atoms with Gasteiger partial charge in [-0.1, -0.05) is 24.8 Å². The lowest BCUT2D eigenvalue weighted by molar-refractivity contribution is -0.126. The van der Waals surface area contributed by atoms with Crippen molar-refractivity contribution < 1.29 is 14.7 Å². The van der Waals surface area contributed by atoms with Crippen LogP contribution in [0, 0.1) is 6.92 Å². The number of nitrogens with zero attached hydrogens (tertiary/aromatic N) is 3. The van der Waals surface area contributed by atoms with E-state index in [4.69, 9.17) is 5.11 Å². The van der Waals surface area contributed by atoms with Crippen molar-refractivity contribution in [3.8, 4) is 11.1 Å². The van der Waals surface area contributed by atoms with Gasteiger partial charge in [-0.25, -0.2) is 4.79 Å². The maximum atomic E-state index is 11.8. The zero-order valence-corrected chi connectivity index (χ0v) is 15.9. The van der Waals surface area contributed by atoms with Gasteiger partial charge in [-0.15, -0.1) is 0 Å². The summed E-state index contributed by atoms with van der Waals surface area (Å²) >= 11 is 0. The van der Waals surface area contributed by atoms with Crippen LogP contribution in [0.25, 0.3) is 11.1 Å². The van der Waals surface area contributed by atoms with Gasteiger partial charge in [-0.3, -0.25) is 9.78 Å². The SMILES string of the molecule is C=CC(=O)N1CCN(c2cnccc2-c2ccc(CNC(=O)O)c(C)c2)CC1. The minimum atomic E-state index is -1.03. The fourth-order valence-corrected chi connectivity index (χ4v) is 3.41. The van der Waals surface area contributed by atoms with E-state index in [0.717, 1.165) is 41.0 Å². The highest BCUT2D eigenvalue weighted by Gasteiger charge is 2.21. The molecule has 2 N–H and O–H groups in total. The molecule has 1 aliphatic rings. The number of pyridine rings is 1. The second kappa shape index (κ2) is 8.56. The fraction of sp³-hybridized carbons (Fsp3) is 0.286. The Bertz CT molecular complexity index is 889. The Kier molecular flexibility index (Phi) is 5.93. The first-order valence-corrected chi connectivity index (χ1v) is 9.16. The van der Waals surface area contributed by atoms with Crippen molar-refractivity contribution in [3.05, 3.63) is 60.4 Å². The number of amides is 2. The highest BCUT2D eigenvalue weighted by molar-refractivity contribution is 5.87. The summed E-state index contributed by atoms with van der Waals surface area (Å²) < 4.78 is 0. The highest BCUT2D eigenvalue weighted by atomic mass is 16.4. The van der Waals surface area contributed by atoms with E-state index in [1.165, 1.54) is 6.08 Å². The summed E-state index contributed by atoms with van der Waals surface area (Å²) in [5.74, 6) is -0.0350. The molecule has 2 heterocycles. The van der Waals surface area contributed by atoms with Crippen LogP contribution < -0.4 is 10.2 Å². The zero-order chi connectivity index (χ0) is 20.1. The van der Waals surface area contributed by atoms with E-state index < -0.39 is 6.09 Å². The third-order valence-electron chi connectivity index (χ3n) is 4.99. The molecule has 28 heavy (non-hydrogen) atoms. The van der Waals surface area contributed by atoms with Gasteiger partial charge in [0.1, 0.15) is 0 Å². The monoisotopic (exact) mass is 380 g/mol. The van der Waals surface area contributed by atoms with Gasteiger partial charge < -0.3 is 20.2 Å². The molecule has 1 aliphatic heterocycles. The summed E-state index contributed by atoms with van der Waals surface area (Å²) in [6.07, 6.45) is 3.95. The first kappa shape index (κ1) is 19.4. The molecule has 0 radical (unpaired) electrons. The molecule has 146 valence electrons. The van der Waals surface area contributed by atoms with Crippen LogP contribution in [0.15, 0.2) is 49.3 Å². The molecule has 7 heteroatoms. The number of hydrogen-bond donors (Lipinski definition) is 2. The van der Waals surface area contributed by atoms with Gasteiger partial charge in [0.05, 0.1) is 11.9 Å². The zero-order valence-electron chi connectivity index (χ0n) is 15.9. The number of aromatic nitrogens is 1. The average molecular weight is 380 g/mol. The highest BCUT2D eigenvalue weighted by Crippen LogP contribution is 2.32. The first-order chi connectivity index (χ1) is 13.5. The van der Waals surface area contributed by atoms with Crippen LogP contribution >= 0.6 is 0 Å². The molecule has 7 nitrogen and oxygen atoms in total. The summed E-state index contributed by atoms with van der Waals surface area (Å²) in [5.41, 5.74) is 5.12. The van der Waals surface area contributed by atoms with Crippen molar-refractivity contribution in [2.45, 2.75) is 13.5 Å². The Hall–Kier alpha value is -3.35. The second-order valence-corrected chi connectivity index (χ2v) is 6.71. The molecule has 2 aromatic rings. The minimum Gasteiger partial charge on any atom is -0.465 e. The van der Waals surface area contributed by atoms with Crippen LogP contribution in [0.5, 0.6) is 0 Å². The van der Waals surface area contributed by atoms with Crippen LogP contribution in [0.3, 0.4) is 0 Å². The number of benzene rings is 1. The molecule has 0 bridgehead atoms. The Balaban J connectivity index is 1.81. The van der Waals surface area contributed by atoms with Crippen molar-refractivity contribution in [2.75, 3.05) is 31.1 Å². The molecule has 1 aromatic heterocycles.